The van der Waals surface area contributed by atoms with Crippen molar-refractivity contribution >= 4 is 12.4 Å². The number of aliphatic hydroxyl groups excluding tert-OH is 1. The Labute approximate surface area is 108 Å². The molecule has 0 saturated heterocycles. The number of rotatable bonds is 7. The summed E-state index contributed by atoms with van der Waals surface area (Å²) >= 11 is 0. The number of hydrogen-bond acceptors (Lipinski definition) is 4. The van der Waals surface area contributed by atoms with Crippen LogP contribution in [-0.2, 0) is 6.54 Å². The molecule has 0 aliphatic heterocycles. The molecular weight excluding hydrogens is 242 g/mol. The van der Waals surface area contributed by atoms with Crippen molar-refractivity contribution in [2.45, 2.75) is 13.5 Å². The summed E-state index contributed by atoms with van der Waals surface area (Å²) < 4.78 is 10.6. The maximum Gasteiger partial charge on any atom is 0.161 e. The van der Waals surface area contributed by atoms with Crippen molar-refractivity contribution in [1.82, 2.24) is 5.32 Å². The second-order valence-electron chi connectivity index (χ2n) is 3.34. The van der Waals surface area contributed by atoms with Gasteiger partial charge in [-0.1, -0.05) is 13.0 Å². The maximum absolute atomic E-state index is 8.69. The van der Waals surface area contributed by atoms with Gasteiger partial charge in [0.1, 0.15) is 6.61 Å². The predicted octanol–water partition coefficient (Wildman–Crippen LogP) is 1.60. The van der Waals surface area contributed by atoms with Crippen molar-refractivity contribution < 1.29 is 14.6 Å². The Hall–Kier alpha value is -0.970. The second kappa shape index (κ2) is 9.10. The Morgan fingerprint density at radius 3 is 2.65 bits per heavy atom. The second-order valence-corrected chi connectivity index (χ2v) is 3.34. The third kappa shape index (κ3) is 5.26. The van der Waals surface area contributed by atoms with E-state index in [1.165, 1.54) is 0 Å². The molecule has 0 radical (unpaired) electrons. The van der Waals surface area contributed by atoms with Crippen LogP contribution in [0.5, 0.6) is 11.5 Å². The molecule has 5 heteroatoms. The van der Waals surface area contributed by atoms with Crippen LogP contribution in [0.25, 0.3) is 0 Å². The molecule has 0 aliphatic carbocycles. The number of hydrogen-bond donors (Lipinski definition) is 2. The van der Waals surface area contributed by atoms with Gasteiger partial charge in [0.15, 0.2) is 11.5 Å². The quantitative estimate of drug-likeness (QED) is 0.783. The number of methoxy groups -OCH3 is 1. The van der Waals surface area contributed by atoms with Crippen LogP contribution in [0.3, 0.4) is 0 Å². The topological polar surface area (TPSA) is 50.7 Å². The molecule has 0 heterocycles. The fourth-order valence-corrected chi connectivity index (χ4v) is 1.37. The standard InChI is InChI=1S/C12H19NO3.ClH/c1-3-13-9-10-4-5-11(16-7-6-14)12(8-10)15-2;/h4-5,8,13-14H,3,6-7,9H2,1-2H3;1H. The van der Waals surface area contributed by atoms with E-state index in [4.69, 9.17) is 14.6 Å². The van der Waals surface area contributed by atoms with E-state index in [0.717, 1.165) is 18.7 Å². The van der Waals surface area contributed by atoms with Gasteiger partial charge in [-0.15, -0.1) is 12.4 Å². The lowest BCUT2D eigenvalue weighted by atomic mass is 10.2. The lowest BCUT2D eigenvalue weighted by Gasteiger charge is -2.11. The van der Waals surface area contributed by atoms with Gasteiger partial charge in [0, 0.05) is 6.54 Å². The minimum atomic E-state index is 0. The molecule has 0 aliphatic rings. The van der Waals surface area contributed by atoms with Gasteiger partial charge in [0.05, 0.1) is 13.7 Å². The highest BCUT2D eigenvalue weighted by Crippen LogP contribution is 2.27. The van der Waals surface area contributed by atoms with Crippen LogP contribution in [0.15, 0.2) is 18.2 Å². The van der Waals surface area contributed by atoms with Crippen LogP contribution in [0.1, 0.15) is 12.5 Å². The molecule has 0 fully saturated rings. The van der Waals surface area contributed by atoms with Crippen LogP contribution in [0, 0.1) is 0 Å². The molecule has 0 bridgehead atoms. The highest BCUT2D eigenvalue weighted by Gasteiger charge is 2.05. The van der Waals surface area contributed by atoms with Gasteiger partial charge in [-0.05, 0) is 24.2 Å². The normalized spacial score (nSPS) is 9.59. The fraction of sp³-hybridized carbons (Fsp3) is 0.500. The summed E-state index contributed by atoms with van der Waals surface area (Å²) in [4.78, 5) is 0. The Morgan fingerprint density at radius 1 is 1.29 bits per heavy atom. The molecule has 1 rings (SSSR count). The first kappa shape index (κ1) is 16.0. The van der Waals surface area contributed by atoms with E-state index in [0.29, 0.717) is 11.5 Å². The van der Waals surface area contributed by atoms with Crippen LogP contribution < -0.4 is 14.8 Å². The first-order valence-corrected chi connectivity index (χ1v) is 5.43. The average Bonchev–Trinajstić information content (AvgIpc) is 2.34. The lowest BCUT2D eigenvalue weighted by molar-refractivity contribution is 0.196. The van der Waals surface area contributed by atoms with Gasteiger partial charge in [-0.2, -0.15) is 0 Å². The molecule has 0 spiro atoms. The first-order chi connectivity index (χ1) is 7.81. The fourth-order valence-electron chi connectivity index (χ4n) is 1.37. The molecule has 17 heavy (non-hydrogen) atoms. The van der Waals surface area contributed by atoms with E-state index in [1.807, 2.05) is 18.2 Å². The van der Waals surface area contributed by atoms with E-state index in [1.54, 1.807) is 7.11 Å². The molecule has 2 N–H and O–H groups in total. The molecule has 0 unspecified atom stereocenters. The molecule has 0 atom stereocenters. The summed E-state index contributed by atoms with van der Waals surface area (Å²) in [6.45, 7) is 4.10. The number of aliphatic hydroxyl groups is 1. The summed E-state index contributed by atoms with van der Waals surface area (Å²) in [5.41, 5.74) is 1.15. The molecule has 0 aromatic heterocycles. The maximum atomic E-state index is 8.69. The van der Waals surface area contributed by atoms with Crippen molar-refractivity contribution in [3.63, 3.8) is 0 Å². The monoisotopic (exact) mass is 261 g/mol. The van der Waals surface area contributed by atoms with E-state index in [-0.39, 0.29) is 25.6 Å². The number of halogens is 1. The molecule has 0 saturated carbocycles. The largest absolute Gasteiger partial charge is 0.493 e. The minimum absolute atomic E-state index is 0. The molecule has 1 aromatic rings. The van der Waals surface area contributed by atoms with Crippen LogP contribution >= 0.6 is 12.4 Å². The van der Waals surface area contributed by atoms with Crippen LogP contribution in [0.4, 0.5) is 0 Å². The highest BCUT2D eigenvalue weighted by molar-refractivity contribution is 5.85. The third-order valence-electron chi connectivity index (χ3n) is 2.16. The highest BCUT2D eigenvalue weighted by atomic mass is 35.5. The zero-order chi connectivity index (χ0) is 11.8. The zero-order valence-electron chi connectivity index (χ0n) is 10.2. The summed E-state index contributed by atoms with van der Waals surface area (Å²) in [6.07, 6.45) is 0. The zero-order valence-corrected chi connectivity index (χ0v) is 11.0. The van der Waals surface area contributed by atoms with Crippen molar-refractivity contribution in [1.29, 1.82) is 0 Å². The average molecular weight is 262 g/mol. The summed E-state index contributed by atoms with van der Waals surface area (Å²) in [5, 5.41) is 11.9. The van der Waals surface area contributed by atoms with E-state index >= 15 is 0 Å². The van der Waals surface area contributed by atoms with E-state index < -0.39 is 0 Å². The van der Waals surface area contributed by atoms with Crippen molar-refractivity contribution in [3.8, 4) is 11.5 Å². The first-order valence-electron chi connectivity index (χ1n) is 5.43. The van der Waals surface area contributed by atoms with Crippen LogP contribution in [-0.4, -0.2) is 32.0 Å². The molecule has 1 aromatic carbocycles. The van der Waals surface area contributed by atoms with E-state index in [9.17, 15) is 0 Å². The van der Waals surface area contributed by atoms with Crippen molar-refractivity contribution in [3.05, 3.63) is 23.8 Å². The van der Waals surface area contributed by atoms with Gasteiger partial charge in [0.2, 0.25) is 0 Å². The number of benzene rings is 1. The smallest absolute Gasteiger partial charge is 0.161 e. The van der Waals surface area contributed by atoms with Crippen molar-refractivity contribution in [2.24, 2.45) is 0 Å². The molecule has 98 valence electrons. The Morgan fingerprint density at radius 2 is 2.06 bits per heavy atom. The molecule has 0 amide bonds. The summed E-state index contributed by atoms with van der Waals surface area (Å²) in [5.74, 6) is 1.36. The minimum Gasteiger partial charge on any atom is -0.493 e. The van der Waals surface area contributed by atoms with Gasteiger partial charge in [0.25, 0.3) is 0 Å². The van der Waals surface area contributed by atoms with Gasteiger partial charge < -0.3 is 19.9 Å². The Bertz CT molecular complexity index is 321. The SMILES string of the molecule is CCNCc1ccc(OCCO)c(OC)c1.Cl. The summed E-state index contributed by atoms with van der Waals surface area (Å²) in [7, 11) is 1.61. The van der Waals surface area contributed by atoms with Crippen LogP contribution in [0.2, 0.25) is 0 Å². The Balaban J connectivity index is 0.00000256. The predicted molar refractivity (Wildman–Crippen MR) is 70.2 cm³/mol. The number of ether oxygens (including phenoxy) is 2. The van der Waals surface area contributed by atoms with Gasteiger partial charge in [-0.3, -0.25) is 0 Å². The number of nitrogens with one attached hydrogen (secondary N) is 1. The van der Waals surface area contributed by atoms with Gasteiger partial charge in [-0.25, -0.2) is 0 Å². The molecule has 4 nitrogen and oxygen atoms in total. The molecular formula is C12H20ClNO3. The Kier molecular flexibility index (Phi) is 8.58. The van der Waals surface area contributed by atoms with Crippen molar-refractivity contribution in [2.75, 3.05) is 26.9 Å². The lowest BCUT2D eigenvalue weighted by Crippen LogP contribution is -2.12. The van der Waals surface area contributed by atoms with Gasteiger partial charge >= 0.3 is 0 Å². The summed E-state index contributed by atoms with van der Waals surface area (Å²) in [6, 6.07) is 5.79. The van der Waals surface area contributed by atoms with E-state index in [2.05, 4.69) is 12.2 Å². The third-order valence-corrected chi connectivity index (χ3v) is 2.16.